The molecule has 0 radical (unpaired) electrons. The Kier molecular flexibility index (Phi) is 24.6. The molecule has 8 nitrogen and oxygen atoms in total. The maximum atomic E-state index is 10.1. The van der Waals surface area contributed by atoms with Crippen molar-refractivity contribution in [2.45, 2.75) is 33.2 Å². The highest BCUT2D eigenvalue weighted by atomic mass is 16.1. The molecule has 0 aliphatic heterocycles. The van der Waals surface area contributed by atoms with Crippen LogP contribution in [0.2, 0.25) is 0 Å². The zero-order valence-corrected chi connectivity index (χ0v) is 14.6. The van der Waals surface area contributed by atoms with Crippen LogP contribution in [0.25, 0.3) is 0 Å². The second-order valence-electron chi connectivity index (χ2n) is 3.95. The van der Waals surface area contributed by atoms with E-state index in [0.717, 1.165) is 17.5 Å². The molecule has 136 valence electrons. The van der Waals surface area contributed by atoms with E-state index in [1.807, 2.05) is 12.1 Å². The normalized spacial score (nSPS) is 9.42. The molecule has 1 aromatic rings. The number of hydrogen-bond acceptors (Lipinski definition) is 5. The number of benzene rings is 1. The van der Waals surface area contributed by atoms with Gasteiger partial charge < -0.3 is 16.8 Å². The van der Waals surface area contributed by atoms with Gasteiger partial charge in [-0.05, 0) is 5.56 Å². The highest BCUT2D eigenvalue weighted by Crippen LogP contribution is 2.04. The minimum Gasteiger partial charge on any atom is -0.388 e. The van der Waals surface area contributed by atoms with Crippen molar-refractivity contribution >= 4 is 18.6 Å². The van der Waals surface area contributed by atoms with Crippen LogP contribution in [0, 0.1) is 0 Å². The van der Waals surface area contributed by atoms with E-state index in [1.165, 1.54) is 12.8 Å². The molecular weight excluding hydrogens is 306 g/mol. The molecule has 0 aliphatic rings. The number of amidine groups is 1. The molecule has 8 heteroatoms. The van der Waals surface area contributed by atoms with E-state index in [1.54, 1.807) is 12.1 Å². The fraction of sp³-hybridized carbons (Fsp3) is 0.312. The van der Waals surface area contributed by atoms with E-state index in [0.29, 0.717) is 13.0 Å². The van der Waals surface area contributed by atoms with E-state index in [9.17, 15) is 4.79 Å². The van der Waals surface area contributed by atoms with Crippen molar-refractivity contribution in [2.75, 3.05) is 0 Å². The maximum absolute atomic E-state index is 10.1. The summed E-state index contributed by atoms with van der Waals surface area (Å²) < 4.78 is 0. The van der Waals surface area contributed by atoms with Gasteiger partial charge in [-0.1, -0.05) is 51.0 Å². The average molecular weight is 337 g/mol. The van der Waals surface area contributed by atoms with Crippen molar-refractivity contribution in [2.24, 2.45) is 33.4 Å². The summed E-state index contributed by atoms with van der Waals surface area (Å²) in [7, 11) is 0. The molecule has 24 heavy (non-hydrogen) atoms. The summed E-state index contributed by atoms with van der Waals surface area (Å²) in [5.74, 6) is 8.29. The predicted octanol–water partition coefficient (Wildman–Crippen LogP) is 0.967. The number of hydrogen-bond donors (Lipinski definition) is 5. The second kappa shape index (κ2) is 22.6. The lowest BCUT2D eigenvalue weighted by molar-refractivity contribution is -0.109. The van der Waals surface area contributed by atoms with Gasteiger partial charge in [-0.15, -0.1) is 23.4 Å². The van der Waals surface area contributed by atoms with Gasteiger partial charge in [-0.3, -0.25) is 16.5 Å². The van der Waals surface area contributed by atoms with E-state index in [2.05, 4.69) is 54.2 Å². The monoisotopic (exact) mass is 337 g/mol. The highest BCUT2D eigenvalue weighted by molar-refractivity contribution is 5.97. The number of nitrogens with one attached hydrogen (secondary N) is 1. The quantitative estimate of drug-likeness (QED) is 0.130. The Morgan fingerprint density at radius 3 is 2.04 bits per heavy atom. The van der Waals surface area contributed by atoms with Gasteiger partial charge in [0.1, 0.15) is 6.34 Å². The third kappa shape index (κ3) is 15.7. The molecule has 0 heterocycles. The minimum atomic E-state index is 0.289. The molecule has 0 saturated heterocycles. The lowest BCUT2D eigenvalue weighted by Crippen LogP contribution is -2.14. The minimum absolute atomic E-state index is 0.289. The Morgan fingerprint density at radius 2 is 1.67 bits per heavy atom. The van der Waals surface area contributed by atoms with Crippen molar-refractivity contribution in [3.8, 4) is 0 Å². The number of nitrogens with two attached hydrogens (primary N) is 4. The lowest BCUT2D eigenvalue weighted by atomic mass is 10.1. The molecule has 1 rings (SSSR count). The van der Waals surface area contributed by atoms with Crippen LogP contribution < -0.4 is 28.5 Å². The molecule has 0 unspecified atom stereocenters. The van der Waals surface area contributed by atoms with Crippen LogP contribution in [0.15, 0.2) is 47.6 Å². The van der Waals surface area contributed by atoms with Crippen molar-refractivity contribution < 1.29 is 4.79 Å². The van der Waals surface area contributed by atoms with Crippen molar-refractivity contribution in [3.05, 3.63) is 48.6 Å². The summed E-state index contributed by atoms with van der Waals surface area (Å²) in [6.45, 7) is 10.8. The van der Waals surface area contributed by atoms with Crippen molar-refractivity contribution in [3.63, 3.8) is 0 Å². The SMILES string of the molecule is C=C.CCCC.N/C=N\N=C(/N)c1ccc(CNC=O)cc1.NN. The first-order valence-corrected chi connectivity index (χ1v) is 7.35. The second-order valence-corrected chi connectivity index (χ2v) is 3.95. The van der Waals surface area contributed by atoms with E-state index < -0.39 is 0 Å². The Morgan fingerprint density at radius 1 is 1.17 bits per heavy atom. The van der Waals surface area contributed by atoms with Crippen LogP contribution in [-0.4, -0.2) is 18.6 Å². The Bertz CT molecular complexity index is 442. The third-order valence-electron chi connectivity index (χ3n) is 2.37. The molecule has 1 aromatic carbocycles. The van der Waals surface area contributed by atoms with Gasteiger partial charge in [-0.2, -0.15) is 0 Å². The van der Waals surface area contributed by atoms with E-state index >= 15 is 0 Å². The van der Waals surface area contributed by atoms with Crippen molar-refractivity contribution in [1.29, 1.82) is 0 Å². The van der Waals surface area contributed by atoms with Gasteiger partial charge in [0.05, 0.1) is 0 Å². The largest absolute Gasteiger partial charge is 0.388 e. The maximum Gasteiger partial charge on any atom is 0.207 e. The summed E-state index contributed by atoms with van der Waals surface area (Å²) in [5.41, 5.74) is 12.4. The first kappa shape index (κ1) is 26.2. The van der Waals surface area contributed by atoms with Gasteiger partial charge >= 0.3 is 0 Å². The predicted molar refractivity (Wildman–Crippen MR) is 103 cm³/mol. The van der Waals surface area contributed by atoms with Crippen LogP contribution in [0.3, 0.4) is 0 Å². The number of carbonyl (C=O) groups excluding carboxylic acids is 1. The molecule has 1 amide bonds. The third-order valence-corrected chi connectivity index (χ3v) is 2.37. The Balaban J connectivity index is -0.000000471. The summed E-state index contributed by atoms with van der Waals surface area (Å²) >= 11 is 0. The fourth-order valence-corrected chi connectivity index (χ4v) is 1.11. The van der Waals surface area contributed by atoms with Crippen LogP contribution in [0.1, 0.15) is 37.8 Å². The summed E-state index contributed by atoms with van der Waals surface area (Å²) in [6.07, 6.45) is 4.36. The molecule has 0 aliphatic carbocycles. The van der Waals surface area contributed by atoms with Gasteiger partial charge in [0.25, 0.3) is 0 Å². The van der Waals surface area contributed by atoms with Crippen LogP contribution in [-0.2, 0) is 11.3 Å². The van der Waals surface area contributed by atoms with Crippen LogP contribution >= 0.6 is 0 Å². The lowest BCUT2D eigenvalue weighted by Gasteiger charge is -2.02. The van der Waals surface area contributed by atoms with Crippen LogP contribution in [0.4, 0.5) is 0 Å². The number of carbonyl (C=O) groups is 1. The molecule has 0 aromatic heterocycles. The highest BCUT2D eigenvalue weighted by Gasteiger charge is 1.98. The topological polar surface area (TPSA) is 158 Å². The molecule has 0 atom stereocenters. The number of nitrogens with zero attached hydrogens (tertiary/aromatic N) is 2. The Hall–Kier alpha value is -2.71. The number of rotatable bonds is 6. The molecular formula is C16H31N7O. The standard InChI is InChI=1S/C10H13N5O.C4H10.C2H4.H4N2/c11-6-14-15-10(12)9-3-1-8(2-4-9)5-13-7-16;1-3-4-2;2*1-2/h1-4,6-7H,5H2,(H2,11,14)(H2,12,15)(H,13,16);3-4H2,1-2H3;2*1-2H2. The van der Waals surface area contributed by atoms with Gasteiger partial charge in [0.15, 0.2) is 5.84 Å². The first-order valence-electron chi connectivity index (χ1n) is 7.35. The number of amides is 1. The summed E-state index contributed by atoms with van der Waals surface area (Å²) in [4.78, 5) is 10.1. The number of hydrazine groups is 1. The Labute approximate surface area is 144 Å². The fourth-order valence-electron chi connectivity index (χ4n) is 1.11. The van der Waals surface area contributed by atoms with E-state index in [4.69, 9.17) is 11.5 Å². The van der Waals surface area contributed by atoms with Crippen LogP contribution in [0.5, 0.6) is 0 Å². The van der Waals surface area contributed by atoms with Gasteiger partial charge in [-0.25, -0.2) is 0 Å². The summed E-state index contributed by atoms with van der Waals surface area (Å²) in [6, 6.07) is 7.29. The summed E-state index contributed by atoms with van der Waals surface area (Å²) in [5, 5.41) is 9.71. The number of unbranched alkanes of at least 4 members (excludes halogenated alkanes) is 1. The zero-order chi connectivity index (χ0) is 19.2. The van der Waals surface area contributed by atoms with Crippen molar-refractivity contribution in [1.82, 2.24) is 5.32 Å². The van der Waals surface area contributed by atoms with E-state index in [-0.39, 0.29) is 5.84 Å². The molecule has 0 spiro atoms. The first-order chi connectivity index (χ1) is 11.7. The van der Waals surface area contributed by atoms with Gasteiger partial charge in [0, 0.05) is 12.1 Å². The average Bonchev–Trinajstić information content (AvgIpc) is 2.68. The van der Waals surface area contributed by atoms with Gasteiger partial charge in [0.2, 0.25) is 6.41 Å². The zero-order valence-electron chi connectivity index (χ0n) is 14.6. The molecule has 9 N–H and O–H groups in total. The molecule has 0 saturated carbocycles. The molecule has 0 fully saturated rings. The smallest absolute Gasteiger partial charge is 0.207 e. The molecule has 0 bridgehead atoms.